The number of ketones is 1. The molecule has 0 aliphatic rings. The Kier molecular flexibility index (Phi) is 6.19. The van der Waals surface area contributed by atoms with Crippen molar-refractivity contribution in [2.45, 2.75) is 6.04 Å². The van der Waals surface area contributed by atoms with Crippen LogP contribution in [0.5, 0.6) is 0 Å². The van der Waals surface area contributed by atoms with Gasteiger partial charge in [0.05, 0.1) is 5.56 Å². The summed E-state index contributed by atoms with van der Waals surface area (Å²) >= 11 is 0. The van der Waals surface area contributed by atoms with E-state index in [4.69, 9.17) is 5.11 Å². The fourth-order valence-electron chi connectivity index (χ4n) is 2.57. The van der Waals surface area contributed by atoms with Crippen molar-refractivity contribution in [2.24, 2.45) is 0 Å². The number of nitrogens with zero attached hydrogens (tertiary/aromatic N) is 1. The van der Waals surface area contributed by atoms with Crippen LogP contribution in [0.15, 0.2) is 48.5 Å². The van der Waals surface area contributed by atoms with E-state index in [1.165, 1.54) is 26.2 Å². The summed E-state index contributed by atoms with van der Waals surface area (Å²) in [5.41, 5.74) is 1.11. The molecule has 2 aromatic carbocycles. The van der Waals surface area contributed by atoms with Gasteiger partial charge in [0.25, 0.3) is 5.91 Å². The van der Waals surface area contributed by atoms with Crippen molar-refractivity contribution in [3.8, 4) is 11.1 Å². The summed E-state index contributed by atoms with van der Waals surface area (Å²) in [4.78, 5) is 37.1. The molecule has 0 fully saturated rings. The molecule has 2 aromatic rings. The van der Waals surface area contributed by atoms with Gasteiger partial charge >= 0.3 is 0 Å². The van der Waals surface area contributed by atoms with Gasteiger partial charge in [-0.15, -0.1) is 0 Å². The van der Waals surface area contributed by atoms with Crippen LogP contribution in [-0.4, -0.2) is 54.3 Å². The van der Waals surface area contributed by atoms with Gasteiger partial charge in [0.1, 0.15) is 12.4 Å². The lowest BCUT2D eigenvalue weighted by atomic mass is 10.0. The molecule has 7 heteroatoms. The first-order valence-corrected chi connectivity index (χ1v) is 7.88. The molecule has 26 heavy (non-hydrogen) atoms. The molecule has 0 aliphatic heterocycles. The van der Waals surface area contributed by atoms with Crippen molar-refractivity contribution in [2.75, 3.05) is 20.7 Å². The molecular weight excluding hydrogens is 339 g/mol. The molecule has 136 valence electrons. The fraction of sp³-hybridized carbons (Fsp3) is 0.211. The summed E-state index contributed by atoms with van der Waals surface area (Å²) in [5.74, 6) is -3.23. The minimum atomic E-state index is -1.54. The number of aliphatic hydroxyl groups is 1. The van der Waals surface area contributed by atoms with Crippen molar-refractivity contribution < 1.29 is 23.9 Å². The van der Waals surface area contributed by atoms with Gasteiger partial charge in [0.2, 0.25) is 5.91 Å². The van der Waals surface area contributed by atoms with Gasteiger partial charge in [0, 0.05) is 14.1 Å². The third kappa shape index (κ3) is 3.94. The molecule has 0 aliphatic carbocycles. The first-order valence-electron chi connectivity index (χ1n) is 7.88. The van der Waals surface area contributed by atoms with Crippen LogP contribution in [0.2, 0.25) is 0 Å². The Hall–Kier alpha value is -3.06. The molecule has 2 rings (SSSR count). The van der Waals surface area contributed by atoms with Gasteiger partial charge in [-0.1, -0.05) is 36.4 Å². The number of likely N-dealkylation sites (N-methyl/N-ethyl adjacent to an activating group) is 2. The maximum atomic E-state index is 14.5. The zero-order valence-corrected chi connectivity index (χ0v) is 14.4. The van der Waals surface area contributed by atoms with Crippen LogP contribution in [-0.2, 0) is 9.59 Å². The molecule has 0 aromatic heterocycles. The smallest absolute Gasteiger partial charge is 0.257 e. The van der Waals surface area contributed by atoms with E-state index in [-0.39, 0.29) is 5.56 Å². The van der Waals surface area contributed by atoms with Gasteiger partial charge in [0.15, 0.2) is 11.8 Å². The topological polar surface area (TPSA) is 86.7 Å². The van der Waals surface area contributed by atoms with Gasteiger partial charge in [-0.2, -0.15) is 0 Å². The molecule has 6 nitrogen and oxygen atoms in total. The zero-order valence-electron chi connectivity index (χ0n) is 14.4. The lowest BCUT2D eigenvalue weighted by molar-refractivity contribution is -0.135. The van der Waals surface area contributed by atoms with Crippen LogP contribution >= 0.6 is 0 Å². The van der Waals surface area contributed by atoms with Crippen LogP contribution in [0.1, 0.15) is 10.4 Å². The highest BCUT2D eigenvalue weighted by Crippen LogP contribution is 2.22. The molecule has 2 amide bonds. The normalized spacial score (nSPS) is 11.5. The molecule has 1 unspecified atom stereocenters. The number of hydrogen-bond acceptors (Lipinski definition) is 4. The highest BCUT2D eigenvalue weighted by molar-refractivity contribution is 6.10. The number of carbonyl (C=O) groups is 3. The summed E-state index contributed by atoms with van der Waals surface area (Å²) < 4.78 is 14.5. The Morgan fingerprint density at radius 1 is 1.12 bits per heavy atom. The number of aliphatic hydroxyl groups excluding tert-OH is 1. The number of halogens is 1. The van der Waals surface area contributed by atoms with E-state index in [0.29, 0.717) is 5.56 Å². The Morgan fingerprint density at radius 3 is 2.31 bits per heavy atom. The summed E-state index contributed by atoms with van der Waals surface area (Å²) in [7, 11) is 2.51. The van der Waals surface area contributed by atoms with Gasteiger partial charge < -0.3 is 15.3 Å². The second-order valence-corrected chi connectivity index (χ2v) is 5.62. The minimum absolute atomic E-state index is 0.271. The predicted molar refractivity (Wildman–Crippen MR) is 93.9 cm³/mol. The SMILES string of the molecule is CNC(=O)C(C(=O)CO)N(C)C(=O)c1ccc(-c2ccccc2)cc1F. The van der Waals surface area contributed by atoms with Crippen LogP contribution in [0.4, 0.5) is 4.39 Å². The lowest BCUT2D eigenvalue weighted by Crippen LogP contribution is -2.52. The highest BCUT2D eigenvalue weighted by Gasteiger charge is 2.33. The standard InChI is InChI=1S/C19H19FN2O4/c1-21-18(25)17(16(24)11-23)22(2)19(26)14-9-8-13(10-15(14)20)12-6-4-3-5-7-12/h3-10,17,23H,11H2,1-2H3,(H,21,25). The third-order valence-electron chi connectivity index (χ3n) is 3.97. The number of Topliss-reactive ketones (excluding diaryl/α,β-unsaturated/α-hetero) is 1. The number of amides is 2. The number of benzene rings is 2. The van der Waals surface area contributed by atoms with Crippen molar-refractivity contribution in [1.82, 2.24) is 10.2 Å². The zero-order chi connectivity index (χ0) is 19.3. The van der Waals surface area contributed by atoms with Crippen LogP contribution in [0, 0.1) is 5.82 Å². The van der Waals surface area contributed by atoms with E-state index in [0.717, 1.165) is 10.5 Å². The average Bonchev–Trinajstić information content (AvgIpc) is 2.67. The first-order chi connectivity index (χ1) is 12.4. The van der Waals surface area contributed by atoms with Crippen molar-refractivity contribution in [3.05, 3.63) is 59.9 Å². The first kappa shape index (κ1) is 19.3. The van der Waals surface area contributed by atoms with Crippen LogP contribution < -0.4 is 5.32 Å². The number of nitrogens with one attached hydrogen (secondary N) is 1. The Labute approximate surface area is 150 Å². The maximum Gasteiger partial charge on any atom is 0.257 e. The van der Waals surface area contributed by atoms with E-state index in [1.54, 1.807) is 6.07 Å². The molecule has 0 bridgehead atoms. The predicted octanol–water partition coefficient (Wildman–Crippen LogP) is 1.24. The summed E-state index contributed by atoms with van der Waals surface area (Å²) in [6.07, 6.45) is 0. The lowest BCUT2D eigenvalue weighted by Gasteiger charge is -2.25. The van der Waals surface area contributed by atoms with E-state index in [9.17, 15) is 18.8 Å². The van der Waals surface area contributed by atoms with Crippen LogP contribution in [0.25, 0.3) is 11.1 Å². The van der Waals surface area contributed by atoms with Crippen molar-refractivity contribution in [1.29, 1.82) is 0 Å². The summed E-state index contributed by atoms with van der Waals surface area (Å²) in [6, 6.07) is 11.7. The van der Waals surface area contributed by atoms with E-state index in [2.05, 4.69) is 5.32 Å². The average molecular weight is 358 g/mol. The largest absolute Gasteiger partial charge is 0.388 e. The van der Waals surface area contributed by atoms with Crippen molar-refractivity contribution >= 4 is 17.6 Å². The molecule has 0 heterocycles. The quantitative estimate of drug-likeness (QED) is 0.761. The molecule has 0 saturated carbocycles. The van der Waals surface area contributed by atoms with E-state index in [1.807, 2.05) is 30.3 Å². The Balaban J connectivity index is 2.33. The van der Waals surface area contributed by atoms with E-state index < -0.39 is 36.1 Å². The molecule has 0 radical (unpaired) electrons. The van der Waals surface area contributed by atoms with Crippen molar-refractivity contribution in [3.63, 3.8) is 0 Å². The third-order valence-corrected chi connectivity index (χ3v) is 3.97. The van der Waals surface area contributed by atoms with Gasteiger partial charge in [-0.05, 0) is 23.3 Å². The van der Waals surface area contributed by atoms with E-state index >= 15 is 0 Å². The monoisotopic (exact) mass is 358 g/mol. The molecule has 2 N–H and O–H groups in total. The number of rotatable bonds is 6. The fourth-order valence-corrected chi connectivity index (χ4v) is 2.57. The van der Waals surface area contributed by atoms with Crippen LogP contribution in [0.3, 0.4) is 0 Å². The second-order valence-electron chi connectivity index (χ2n) is 5.62. The maximum absolute atomic E-state index is 14.5. The Bertz CT molecular complexity index is 808. The summed E-state index contributed by atoms with van der Waals surface area (Å²) in [6.45, 7) is -0.912. The molecule has 0 saturated heterocycles. The molecule has 0 spiro atoms. The molecule has 1 atom stereocenters. The van der Waals surface area contributed by atoms with Gasteiger partial charge in [-0.25, -0.2) is 4.39 Å². The number of hydrogen-bond donors (Lipinski definition) is 2. The minimum Gasteiger partial charge on any atom is -0.388 e. The second kappa shape index (κ2) is 8.35. The summed E-state index contributed by atoms with van der Waals surface area (Å²) in [5, 5.41) is 11.3. The van der Waals surface area contributed by atoms with Gasteiger partial charge in [-0.3, -0.25) is 14.4 Å². The highest BCUT2D eigenvalue weighted by atomic mass is 19.1. The Morgan fingerprint density at radius 2 is 1.77 bits per heavy atom. The molecular formula is C19H19FN2O4. The number of carbonyl (C=O) groups excluding carboxylic acids is 3.